The van der Waals surface area contributed by atoms with Crippen molar-refractivity contribution < 1.29 is 36.3 Å². The van der Waals surface area contributed by atoms with E-state index in [9.17, 15) is 26.4 Å². The van der Waals surface area contributed by atoms with E-state index in [1.54, 1.807) is 24.3 Å². The van der Waals surface area contributed by atoms with Crippen LogP contribution in [0.5, 0.6) is 0 Å². The van der Waals surface area contributed by atoms with E-state index in [2.05, 4.69) is 0 Å². The van der Waals surface area contributed by atoms with Gasteiger partial charge in [0.05, 0.1) is 0 Å². The van der Waals surface area contributed by atoms with Crippen LogP contribution in [0.1, 0.15) is 24.8 Å². The van der Waals surface area contributed by atoms with Crippen LogP contribution in [0.3, 0.4) is 0 Å². The molecule has 2 N–H and O–H groups in total. The number of aryl methyl sites for hydroxylation is 1. The Hall–Kier alpha value is -1.89. The third kappa shape index (κ3) is 5.13. The number of amides is 1. The van der Waals surface area contributed by atoms with Gasteiger partial charge in [-0.3, -0.25) is 10.0 Å². The summed E-state index contributed by atoms with van der Waals surface area (Å²) in [5.74, 6) is -0.951. The summed E-state index contributed by atoms with van der Waals surface area (Å²) < 4.78 is 68.4. The second kappa shape index (κ2) is 9.31. The Morgan fingerprint density at radius 3 is 2.19 bits per heavy atom. The van der Waals surface area contributed by atoms with Gasteiger partial charge in [0.1, 0.15) is 0 Å². The maximum absolute atomic E-state index is 13.3. The Morgan fingerprint density at radius 1 is 1.10 bits per heavy atom. The van der Waals surface area contributed by atoms with Crippen molar-refractivity contribution in [1.29, 1.82) is 0 Å². The van der Waals surface area contributed by atoms with Crippen LogP contribution in [0.25, 0.3) is 0 Å². The minimum atomic E-state index is -4.20. The zero-order valence-corrected chi connectivity index (χ0v) is 17.7. The quantitative estimate of drug-likeness (QED) is 0.490. The van der Waals surface area contributed by atoms with Gasteiger partial charge in [0.25, 0.3) is 5.91 Å². The number of benzene rings is 1. The Morgan fingerprint density at radius 2 is 1.68 bits per heavy atom. The van der Waals surface area contributed by atoms with Gasteiger partial charge in [0, 0.05) is 64.3 Å². The molecule has 174 valence electrons. The maximum Gasteiger partial charge on any atom is 0.389 e. The number of halogens is 3. The zero-order chi connectivity index (χ0) is 22.7. The number of anilines is 1. The van der Waals surface area contributed by atoms with E-state index in [1.807, 2.05) is 4.90 Å². The van der Waals surface area contributed by atoms with E-state index in [4.69, 9.17) is 9.94 Å². The molecule has 2 fully saturated rings. The molecule has 0 saturated carbocycles. The van der Waals surface area contributed by atoms with Crippen LogP contribution < -0.4 is 10.4 Å². The molecule has 12 heteroatoms. The minimum absolute atomic E-state index is 0.0403. The Labute approximate surface area is 179 Å². The highest BCUT2D eigenvalue weighted by Crippen LogP contribution is 2.34. The van der Waals surface area contributed by atoms with Crippen LogP contribution in [0.2, 0.25) is 0 Å². The lowest BCUT2D eigenvalue weighted by Gasteiger charge is -2.42. The van der Waals surface area contributed by atoms with Crippen molar-refractivity contribution in [3.63, 3.8) is 0 Å². The van der Waals surface area contributed by atoms with Gasteiger partial charge in [-0.05, 0) is 24.1 Å². The number of hydroxylamine groups is 1. The van der Waals surface area contributed by atoms with Crippen molar-refractivity contribution in [1.82, 2.24) is 9.79 Å². The van der Waals surface area contributed by atoms with Gasteiger partial charge in [-0.2, -0.15) is 17.5 Å². The second-order valence-electron chi connectivity index (χ2n) is 7.72. The second-order valence-corrected chi connectivity index (χ2v) is 9.97. The first-order valence-electron chi connectivity index (χ1n) is 10.0. The van der Waals surface area contributed by atoms with Crippen LogP contribution in [-0.4, -0.2) is 74.2 Å². The Bertz CT molecular complexity index is 863. The molecule has 0 aromatic heterocycles. The molecule has 3 rings (SSSR count). The number of hydrogen-bond acceptors (Lipinski definition) is 6. The lowest BCUT2D eigenvalue weighted by molar-refractivity contribution is -0.135. The highest BCUT2D eigenvalue weighted by Gasteiger charge is 2.54. The van der Waals surface area contributed by atoms with Crippen molar-refractivity contribution in [3.8, 4) is 0 Å². The van der Waals surface area contributed by atoms with Gasteiger partial charge in [-0.1, -0.05) is 12.1 Å². The van der Waals surface area contributed by atoms with E-state index in [0.29, 0.717) is 18.7 Å². The first kappa shape index (κ1) is 23.8. The normalized spacial score (nSPS) is 20.5. The molecule has 1 aromatic carbocycles. The van der Waals surface area contributed by atoms with Crippen molar-refractivity contribution in [2.45, 2.75) is 36.6 Å². The van der Waals surface area contributed by atoms with E-state index in [0.717, 1.165) is 5.69 Å². The smallest absolute Gasteiger partial charge is 0.381 e. The van der Waals surface area contributed by atoms with Crippen molar-refractivity contribution in [2.75, 3.05) is 44.3 Å². The molecule has 31 heavy (non-hydrogen) atoms. The van der Waals surface area contributed by atoms with Crippen molar-refractivity contribution >= 4 is 21.6 Å². The molecule has 1 amide bonds. The molecule has 1 aromatic rings. The van der Waals surface area contributed by atoms with Gasteiger partial charge in [0.2, 0.25) is 10.0 Å². The minimum Gasteiger partial charge on any atom is -0.381 e. The highest BCUT2D eigenvalue weighted by molar-refractivity contribution is 7.91. The number of hydrogen-bond donors (Lipinski definition) is 2. The maximum atomic E-state index is 13.3. The highest BCUT2D eigenvalue weighted by atomic mass is 32.2. The summed E-state index contributed by atoms with van der Waals surface area (Å²) >= 11 is 0. The molecular weight excluding hydrogens is 439 g/mol. The summed E-state index contributed by atoms with van der Waals surface area (Å²) in [7, 11) is -4.04. The predicted molar refractivity (Wildman–Crippen MR) is 106 cm³/mol. The largest absolute Gasteiger partial charge is 0.389 e. The molecule has 2 saturated heterocycles. The van der Waals surface area contributed by atoms with Gasteiger partial charge in [0.15, 0.2) is 4.75 Å². The molecule has 2 aliphatic heterocycles. The van der Waals surface area contributed by atoms with E-state index in [1.165, 1.54) is 9.79 Å². The fraction of sp³-hybridized carbons (Fsp3) is 0.632. The molecule has 2 heterocycles. The predicted octanol–water partition coefficient (Wildman–Crippen LogP) is 1.69. The Kier molecular flexibility index (Phi) is 7.14. The van der Waals surface area contributed by atoms with E-state index in [-0.39, 0.29) is 45.6 Å². The Balaban J connectivity index is 1.65. The average molecular weight is 465 g/mol. The number of rotatable bonds is 6. The molecular formula is C19H26F3N3O5S. The van der Waals surface area contributed by atoms with Gasteiger partial charge in [-0.15, -0.1) is 0 Å². The summed E-state index contributed by atoms with van der Waals surface area (Å²) in [6.45, 7) is 1.25. The van der Waals surface area contributed by atoms with Crippen LogP contribution in [0.15, 0.2) is 24.3 Å². The van der Waals surface area contributed by atoms with Crippen LogP contribution in [0.4, 0.5) is 18.9 Å². The van der Waals surface area contributed by atoms with Crippen LogP contribution >= 0.6 is 0 Å². The molecule has 2 aliphatic rings. The van der Waals surface area contributed by atoms with Gasteiger partial charge < -0.3 is 9.64 Å². The monoisotopic (exact) mass is 465 g/mol. The number of nitrogens with zero attached hydrogens (tertiary/aromatic N) is 2. The van der Waals surface area contributed by atoms with Crippen molar-refractivity contribution in [3.05, 3.63) is 29.8 Å². The number of alkyl halides is 3. The van der Waals surface area contributed by atoms with Crippen LogP contribution in [0, 0.1) is 0 Å². The van der Waals surface area contributed by atoms with E-state index >= 15 is 0 Å². The number of sulfonamides is 1. The topological polar surface area (TPSA) is 99.2 Å². The molecule has 0 aliphatic carbocycles. The lowest BCUT2D eigenvalue weighted by atomic mass is 9.98. The molecule has 0 atom stereocenters. The fourth-order valence-corrected chi connectivity index (χ4v) is 6.10. The molecule has 0 bridgehead atoms. The van der Waals surface area contributed by atoms with Gasteiger partial charge in [-0.25, -0.2) is 13.9 Å². The lowest BCUT2D eigenvalue weighted by Crippen LogP contribution is -2.62. The number of carbonyl (C=O) groups is 1. The number of ether oxygens (including phenoxy) is 1. The van der Waals surface area contributed by atoms with Crippen LogP contribution in [-0.2, 0) is 26.0 Å². The number of carbonyl (C=O) groups excluding carboxylic acids is 1. The average Bonchev–Trinajstić information content (AvgIpc) is 2.77. The standard InChI is InChI=1S/C19H26F3N3O5S/c20-19(21,22)6-5-15-1-3-16(4-2-15)24-9-11-25(12-10-24)31(28,29)18(17(26)23-27)7-13-30-14-8-18/h1-4,27H,5-14H2,(H,23,26). The van der Waals surface area contributed by atoms with Gasteiger partial charge >= 0.3 is 6.18 Å². The first-order chi connectivity index (χ1) is 14.6. The van der Waals surface area contributed by atoms with Crippen molar-refractivity contribution in [2.24, 2.45) is 0 Å². The third-order valence-electron chi connectivity index (χ3n) is 5.89. The SMILES string of the molecule is O=C(NO)C1(S(=O)(=O)N2CCN(c3ccc(CCC(F)(F)F)cc3)CC2)CCOCC1. The fourth-order valence-electron chi connectivity index (χ4n) is 4.00. The summed E-state index contributed by atoms with van der Waals surface area (Å²) in [5.41, 5.74) is 2.87. The molecule has 0 unspecified atom stereocenters. The molecule has 8 nitrogen and oxygen atoms in total. The molecule has 0 spiro atoms. The zero-order valence-electron chi connectivity index (χ0n) is 16.9. The number of nitrogens with one attached hydrogen (secondary N) is 1. The summed E-state index contributed by atoms with van der Waals surface area (Å²) in [4.78, 5) is 14.3. The number of piperazine rings is 1. The summed E-state index contributed by atoms with van der Waals surface area (Å²) in [6, 6.07) is 6.75. The van der Waals surface area contributed by atoms with E-state index < -0.39 is 33.3 Å². The summed E-state index contributed by atoms with van der Waals surface area (Å²) in [5, 5.41) is 9.12. The summed E-state index contributed by atoms with van der Waals surface area (Å²) in [6.07, 6.45) is -5.25. The molecule has 0 radical (unpaired) electrons. The first-order valence-corrected chi connectivity index (χ1v) is 11.5. The third-order valence-corrected chi connectivity index (χ3v) is 8.51.